The number of nitrogens with one attached hydrogen (secondary N) is 1. The summed E-state index contributed by atoms with van der Waals surface area (Å²) in [6.45, 7) is 5.84. The highest BCUT2D eigenvalue weighted by Crippen LogP contribution is 2.18. The monoisotopic (exact) mass is 252 g/mol. The first-order chi connectivity index (χ1) is 8.44. The molecular weight excluding hydrogens is 232 g/mol. The average Bonchev–Trinajstić information content (AvgIpc) is 2.29. The summed E-state index contributed by atoms with van der Waals surface area (Å²) in [6, 6.07) is 6.53. The Kier molecular flexibility index (Phi) is 5.25. The predicted molar refractivity (Wildman–Crippen MR) is 70.3 cm³/mol. The molecule has 1 aromatic rings. The van der Waals surface area contributed by atoms with Crippen molar-refractivity contribution in [3.8, 4) is 0 Å². The quantitative estimate of drug-likeness (QED) is 0.575. The topological polar surface area (TPSA) is 75.4 Å². The molecule has 1 rings (SSSR count). The van der Waals surface area contributed by atoms with E-state index in [0.29, 0.717) is 6.54 Å². The van der Waals surface area contributed by atoms with Gasteiger partial charge in [0.2, 0.25) is 0 Å². The molecule has 0 aliphatic heterocycles. The van der Waals surface area contributed by atoms with Gasteiger partial charge in [0.15, 0.2) is 0 Å². The number of nitrogens with zero attached hydrogens (tertiary/aromatic N) is 1. The maximum absolute atomic E-state index is 10.5. The minimum Gasteiger partial charge on any atom is -0.396 e. The van der Waals surface area contributed by atoms with E-state index in [0.717, 1.165) is 18.5 Å². The van der Waals surface area contributed by atoms with Crippen molar-refractivity contribution in [2.24, 2.45) is 5.41 Å². The van der Waals surface area contributed by atoms with Crippen molar-refractivity contribution < 1.29 is 10.0 Å². The molecule has 0 bridgehead atoms. The molecule has 0 fully saturated rings. The van der Waals surface area contributed by atoms with E-state index >= 15 is 0 Å². The van der Waals surface area contributed by atoms with Crippen LogP contribution in [0.4, 0.5) is 5.69 Å². The fraction of sp³-hybridized carbons (Fsp3) is 0.538. The summed E-state index contributed by atoms with van der Waals surface area (Å²) in [5, 5.41) is 22.7. The van der Waals surface area contributed by atoms with E-state index in [-0.39, 0.29) is 17.7 Å². The van der Waals surface area contributed by atoms with E-state index < -0.39 is 4.92 Å². The summed E-state index contributed by atoms with van der Waals surface area (Å²) in [6.07, 6.45) is 0.750. The van der Waals surface area contributed by atoms with Crippen molar-refractivity contribution in [2.75, 3.05) is 13.2 Å². The normalized spacial score (nSPS) is 11.5. The van der Waals surface area contributed by atoms with Gasteiger partial charge < -0.3 is 10.4 Å². The van der Waals surface area contributed by atoms with Crippen molar-refractivity contribution in [3.63, 3.8) is 0 Å². The molecule has 0 atom stereocenters. The van der Waals surface area contributed by atoms with E-state index in [4.69, 9.17) is 5.11 Å². The van der Waals surface area contributed by atoms with Crippen LogP contribution in [0.3, 0.4) is 0 Å². The molecule has 0 aromatic heterocycles. The molecule has 100 valence electrons. The number of nitro groups is 1. The first kappa shape index (κ1) is 14.6. The maximum Gasteiger partial charge on any atom is 0.269 e. The highest BCUT2D eigenvalue weighted by Gasteiger charge is 2.16. The molecule has 2 N–H and O–H groups in total. The van der Waals surface area contributed by atoms with Gasteiger partial charge >= 0.3 is 0 Å². The van der Waals surface area contributed by atoms with E-state index in [1.807, 2.05) is 0 Å². The number of rotatable bonds is 7. The van der Waals surface area contributed by atoms with E-state index in [1.165, 1.54) is 12.1 Å². The van der Waals surface area contributed by atoms with Gasteiger partial charge in [-0.2, -0.15) is 0 Å². The largest absolute Gasteiger partial charge is 0.396 e. The van der Waals surface area contributed by atoms with Crippen LogP contribution in [0.15, 0.2) is 24.3 Å². The van der Waals surface area contributed by atoms with E-state index in [9.17, 15) is 10.1 Å². The number of non-ortho nitro benzene ring substituents is 1. The number of aliphatic hydroxyl groups excluding tert-OH is 1. The van der Waals surface area contributed by atoms with Gasteiger partial charge in [-0.25, -0.2) is 0 Å². The maximum atomic E-state index is 10.5. The minimum absolute atomic E-state index is 0.0511. The number of benzene rings is 1. The van der Waals surface area contributed by atoms with E-state index in [1.54, 1.807) is 12.1 Å². The lowest BCUT2D eigenvalue weighted by atomic mass is 9.90. The highest BCUT2D eigenvalue weighted by atomic mass is 16.6. The van der Waals surface area contributed by atoms with Gasteiger partial charge in [0.25, 0.3) is 5.69 Å². The molecule has 1 aromatic carbocycles. The smallest absolute Gasteiger partial charge is 0.269 e. The molecule has 5 heteroatoms. The summed E-state index contributed by atoms with van der Waals surface area (Å²) in [5.74, 6) is 0. The van der Waals surface area contributed by atoms with Crippen molar-refractivity contribution in [3.05, 3.63) is 39.9 Å². The standard InChI is InChI=1S/C13H20N2O3/c1-13(2,7-8-16)10-14-9-11-3-5-12(6-4-11)15(17)18/h3-6,14,16H,7-10H2,1-2H3. The molecule has 0 aliphatic rings. The number of nitro benzene ring substituents is 1. The van der Waals surface area contributed by atoms with Crippen LogP contribution in [-0.2, 0) is 6.54 Å². The second-order valence-corrected chi connectivity index (χ2v) is 5.16. The van der Waals surface area contributed by atoms with E-state index in [2.05, 4.69) is 19.2 Å². The lowest BCUT2D eigenvalue weighted by molar-refractivity contribution is -0.384. The third-order valence-corrected chi connectivity index (χ3v) is 2.87. The summed E-state index contributed by atoms with van der Waals surface area (Å²) < 4.78 is 0. The molecule has 0 unspecified atom stereocenters. The highest BCUT2D eigenvalue weighted by molar-refractivity contribution is 5.32. The van der Waals surface area contributed by atoms with Crippen LogP contribution in [0.5, 0.6) is 0 Å². The third kappa shape index (κ3) is 4.81. The van der Waals surface area contributed by atoms with Crippen LogP contribution >= 0.6 is 0 Å². The first-order valence-corrected chi connectivity index (χ1v) is 5.99. The Bertz CT molecular complexity index is 388. The second-order valence-electron chi connectivity index (χ2n) is 5.16. The van der Waals surface area contributed by atoms with Crippen molar-refractivity contribution in [1.82, 2.24) is 5.32 Å². The molecule has 0 spiro atoms. The first-order valence-electron chi connectivity index (χ1n) is 5.99. The van der Waals surface area contributed by atoms with Gasteiger partial charge in [-0.3, -0.25) is 10.1 Å². The Balaban J connectivity index is 2.42. The number of hydrogen-bond donors (Lipinski definition) is 2. The van der Waals surface area contributed by atoms with Gasteiger partial charge in [0.1, 0.15) is 0 Å². The average molecular weight is 252 g/mol. The molecule has 0 saturated carbocycles. The predicted octanol–water partition coefficient (Wildman–Crippen LogP) is 2.09. The molecule has 0 heterocycles. The van der Waals surface area contributed by atoms with Crippen LogP contribution in [-0.4, -0.2) is 23.2 Å². The molecule has 0 amide bonds. The minimum atomic E-state index is -0.401. The van der Waals surface area contributed by atoms with Gasteiger partial charge in [0, 0.05) is 31.8 Å². The lowest BCUT2D eigenvalue weighted by Gasteiger charge is -2.23. The fourth-order valence-electron chi connectivity index (χ4n) is 1.67. The molecule has 5 nitrogen and oxygen atoms in total. The number of hydrogen-bond acceptors (Lipinski definition) is 4. The van der Waals surface area contributed by atoms with Gasteiger partial charge in [-0.15, -0.1) is 0 Å². The Labute approximate surface area is 107 Å². The van der Waals surface area contributed by atoms with Gasteiger partial charge in [-0.1, -0.05) is 26.0 Å². The van der Waals surface area contributed by atoms with Crippen LogP contribution in [0.25, 0.3) is 0 Å². The Morgan fingerprint density at radius 1 is 1.33 bits per heavy atom. The zero-order valence-electron chi connectivity index (χ0n) is 10.8. The van der Waals surface area contributed by atoms with Crippen LogP contribution in [0.2, 0.25) is 0 Å². The zero-order chi connectivity index (χ0) is 13.6. The molecule has 0 radical (unpaired) electrons. The third-order valence-electron chi connectivity index (χ3n) is 2.87. The van der Waals surface area contributed by atoms with Gasteiger partial charge in [0.05, 0.1) is 4.92 Å². The summed E-state index contributed by atoms with van der Waals surface area (Å²) >= 11 is 0. The second kappa shape index (κ2) is 6.47. The number of aliphatic hydroxyl groups is 1. The summed E-state index contributed by atoms with van der Waals surface area (Å²) in [4.78, 5) is 10.1. The lowest BCUT2D eigenvalue weighted by Crippen LogP contribution is -2.29. The van der Waals surface area contributed by atoms with Crippen LogP contribution in [0, 0.1) is 15.5 Å². The van der Waals surface area contributed by atoms with Crippen molar-refractivity contribution in [2.45, 2.75) is 26.8 Å². The zero-order valence-corrected chi connectivity index (χ0v) is 10.8. The van der Waals surface area contributed by atoms with Gasteiger partial charge in [-0.05, 0) is 17.4 Å². The Morgan fingerprint density at radius 2 is 1.94 bits per heavy atom. The molecular formula is C13H20N2O3. The van der Waals surface area contributed by atoms with Crippen molar-refractivity contribution >= 4 is 5.69 Å². The SMILES string of the molecule is CC(C)(CCO)CNCc1ccc([N+](=O)[O-])cc1. The Morgan fingerprint density at radius 3 is 2.44 bits per heavy atom. The molecule has 0 saturated heterocycles. The van der Waals surface area contributed by atoms with Crippen LogP contribution < -0.4 is 5.32 Å². The summed E-state index contributed by atoms with van der Waals surface area (Å²) in [5.41, 5.74) is 1.18. The molecule has 0 aliphatic carbocycles. The van der Waals surface area contributed by atoms with Crippen LogP contribution in [0.1, 0.15) is 25.8 Å². The summed E-state index contributed by atoms with van der Waals surface area (Å²) in [7, 11) is 0. The Hall–Kier alpha value is -1.46. The van der Waals surface area contributed by atoms with Crippen molar-refractivity contribution in [1.29, 1.82) is 0 Å². The fourth-order valence-corrected chi connectivity index (χ4v) is 1.67. The molecule has 18 heavy (non-hydrogen) atoms.